The molecule has 1 saturated carbocycles. The molecular weight excluding hydrogens is 316 g/mol. The monoisotopic (exact) mass is 338 g/mol. The van der Waals surface area contributed by atoms with Gasteiger partial charge in [-0.05, 0) is 31.6 Å². The first-order chi connectivity index (χ1) is 8.55. The van der Waals surface area contributed by atoms with Crippen LogP contribution in [0.25, 0.3) is 0 Å². The lowest BCUT2D eigenvalue weighted by atomic mass is 9.93. The first-order valence-electron chi connectivity index (χ1n) is 6.88. The summed E-state index contributed by atoms with van der Waals surface area (Å²) in [5, 5.41) is 0.714. The van der Waals surface area contributed by atoms with Crippen LogP contribution in [-0.2, 0) is 10.2 Å². The molecule has 0 radical (unpaired) electrons. The molecule has 0 amide bonds. The van der Waals surface area contributed by atoms with Crippen molar-refractivity contribution in [1.82, 2.24) is 8.61 Å². The first kappa shape index (κ1) is 14.8. The maximum Gasteiger partial charge on any atom is 0.282 e. The molecule has 1 heterocycles. The molecule has 4 nitrogen and oxygen atoms in total. The third kappa shape index (κ3) is 3.08. The van der Waals surface area contributed by atoms with Crippen LogP contribution in [0, 0.1) is 5.92 Å². The summed E-state index contributed by atoms with van der Waals surface area (Å²) in [5.41, 5.74) is 0. The lowest BCUT2D eigenvalue weighted by Gasteiger charge is -2.40. The smallest absolute Gasteiger partial charge is 0.195 e. The van der Waals surface area contributed by atoms with Gasteiger partial charge in [0.05, 0.1) is 0 Å². The van der Waals surface area contributed by atoms with Gasteiger partial charge in [0.1, 0.15) is 0 Å². The van der Waals surface area contributed by atoms with Crippen LogP contribution in [0.3, 0.4) is 0 Å². The van der Waals surface area contributed by atoms with Gasteiger partial charge in [-0.25, -0.2) is 0 Å². The van der Waals surface area contributed by atoms with Crippen LogP contribution in [-0.4, -0.2) is 48.0 Å². The van der Waals surface area contributed by atoms with Gasteiger partial charge in [-0.2, -0.15) is 17.0 Å². The maximum absolute atomic E-state index is 12.7. The molecule has 0 aromatic carbocycles. The van der Waals surface area contributed by atoms with Gasteiger partial charge in [-0.15, -0.1) is 0 Å². The fourth-order valence-corrected chi connectivity index (χ4v) is 5.37. The summed E-state index contributed by atoms with van der Waals surface area (Å²) in [4.78, 5) is 0. The summed E-state index contributed by atoms with van der Waals surface area (Å²) in [7, 11) is -3.24. The van der Waals surface area contributed by atoms with E-state index in [9.17, 15) is 8.42 Å². The van der Waals surface area contributed by atoms with E-state index in [0.29, 0.717) is 30.9 Å². The summed E-state index contributed by atoms with van der Waals surface area (Å²) in [6, 6.07) is 0.241. The molecule has 18 heavy (non-hydrogen) atoms. The van der Waals surface area contributed by atoms with Crippen LogP contribution in [0.1, 0.15) is 39.0 Å². The van der Waals surface area contributed by atoms with Crippen molar-refractivity contribution in [2.45, 2.75) is 45.1 Å². The Hall–Kier alpha value is 0.350. The molecule has 0 spiro atoms. The minimum atomic E-state index is -3.24. The summed E-state index contributed by atoms with van der Waals surface area (Å²) in [6.07, 6.45) is 5.35. The number of piperidine rings is 1. The van der Waals surface area contributed by atoms with Crippen LogP contribution in [0.5, 0.6) is 0 Å². The Bertz CT molecular complexity index is 370. The van der Waals surface area contributed by atoms with E-state index in [1.165, 1.54) is 0 Å². The van der Waals surface area contributed by atoms with Crippen molar-refractivity contribution >= 4 is 26.1 Å². The second-order valence-corrected chi connectivity index (χ2v) is 8.17. The highest BCUT2D eigenvalue weighted by Crippen LogP contribution is 2.30. The van der Waals surface area contributed by atoms with E-state index in [-0.39, 0.29) is 6.04 Å². The summed E-state index contributed by atoms with van der Waals surface area (Å²) >= 11 is 3.38. The van der Waals surface area contributed by atoms with Crippen molar-refractivity contribution in [3.05, 3.63) is 0 Å². The SMILES string of the molecule is CC1CCCN(S(=O)(=O)N(CCBr)C2CCC2)C1. The summed E-state index contributed by atoms with van der Waals surface area (Å²) in [6.45, 7) is 4.11. The van der Waals surface area contributed by atoms with E-state index in [2.05, 4.69) is 22.9 Å². The predicted octanol–water partition coefficient (Wildman–Crippen LogP) is 2.21. The summed E-state index contributed by atoms with van der Waals surface area (Å²) < 4.78 is 28.8. The molecule has 0 N–H and O–H groups in total. The molecule has 1 aliphatic carbocycles. The summed E-state index contributed by atoms with van der Waals surface area (Å²) in [5.74, 6) is 0.487. The second kappa shape index (κ2) is 6.20. The molecule has 0 bridgehead atoms. The number of alkyl halides is 1. The fraction of sp³-hybridized carbons (Fsp3) is 1.00. The van der Waals surface area contributed by atoms with E-state index in [1.54, 1.807) is 8.61 Å². The molecule has 1 unspecified atom stereocenters. The average Bonchev–Trinajstić information content (AvgIpc) is 2.26. The van der Waals surface area contributed by atoms with Crippen molar-refractivity contribution in [1.29, 1.82) is 0 Å². The molecule has 6 heteroatoms. The zero-order chi connectivity index (χ0) is 13.2. The van der Waals surface area contributed by atoms with Crippen LogP contribution in [0.4, 0.5) is 0 Å². The number of halogens is 1. The van der Waals surface area contributed by atoms with Crippen LogP contribution in [0.2, 0.25) is 0 Å². The van der Waals surface area contributed by atoms with Crippen molar-refractivity contribution in [3.8, 4) is 0 Å². The Morgan fingerprint density at radius 3 is 2.50 bits per heavy atom. The van der Waals surface area contributed by atoms with E-state index < -0.39 is 10.2 Å². The maximum atomic E-state index is 12.7. The highest BCUT2D eigenvalue weighted by atomic mass is 79.9. The van der Waals surface area contributed by atoms with Gasteiger partial charge in [0, 0.05) is 31.0 Å². The number of nitrogens with zero attached hydrogens (tertiary/aromatic N) is 2. The number of hydrogen-bond acceptors (Lipinski definition) is 2. The van der Waals surface area contributed by atoms with Crippen LogP contribution >= 0.6 is 15.9 Å². The second-order valence-electron chi connectivity index (χ2n) is 5.50. The van der Waals surface area contributed by atoms with Gasteiger partial charge in [0.2, 0.25) is 0 Å². The Kier molecular flexibility index (Phi) is 5.08. The number of rotatable bonds is 5. The topological polar surface area (TPSA) is 40.6 Å². The van der Waals surface area contributed by atoms with Crippen LogP contribution < -0.4 is 0 Å². The minimum absolute atomic E-state index is 0.241. The lowest BCUT2D eigenvalue weighted by molar-refractivity contribution is 0.197. The molecule has 1 saturated heterocycles. The van der Waals surface area contributed by atoms with Gasteiger partial charge in [0.25, 0.3) is 10.2 Å². The van der Waals surface area contributed by atoms with E-state index in [1.807, 2.05) is 0 Å². The van der Waals surface area contributed by atoms with Gasteiger partial charge < -0.3 is 0 Å². The average molecular weight is 339 g/mol. The fourth-order valence-electron chi connectivity index (χ4n) is 2.75. The largest absolute Gasteiger partial charge is 0.282 e. The third-order valence-corrected chi connectivity index (χ3v) is 6.44. The van der Waals surface area contributed by atoms with Crippen molar-refractivity contribution in [3.63, 3.8) is 0 Å². The molecule has 1 atom stereocenters. The van der Waals surface area contributed by atoms with Crippen LogP contribution in [0.15, 0.2) is 0 Å². The Morgan fingerprint density at radius 1 is 1.28 bits per heavy atom. The van der Waals surface area contributed by atoms with E-state index in [4.69, 9.17) is 0 Å². The predicted molar refractivity (Wildman–Crippen MR) is 77.0 cm³/mol. The third-order valence-electron chi connectivity index (χ3n) is 4.03. The molecule has 2 fully saturated rings. The molecule has 2 aliphatic rings. The lowest BCUT2D eigenvalue weighted by Crippen LogP contribution is -2.53. The van der Waals surface area contributed by atoms with Crippen molar-refractivity contribution < 1.29 is 8.42 Å². The minimum Gasteiger partial charge on any atom is -0.195 e. The molecular formula is C12H23BrN2O2S. The highest BCUT2D eigenvalue weighted by molar-refractivity contribution is 9.09. The molecule has 106 valence electrons. The highest BCUT2D eigenvalue weighted by Gasteiger charge is 2.38. The number of hydrogen-bond donors (Lipinski definition) is 0. The molecule has 0 aromatic heterocycles. The van der Waals surface area contributed by atoms with Gasteiger partial charge in [0.15, 0.2) is 0 Å². The normalized spacial score (nSPS) is 27.4. The molecule has 0 aromatic rings. The Labute approximate surface area is 119 Å². The zero-order valence-electron chi connectivity index (χ0n) is 11.0. The van der Waals surface area contributed by atoms with Gasteiger partial charge in [-0.1, -0.05) is 29.3 Å². The quantitative estimate of drug-likeness (QED) is 0.721. The molecule has 2 rings (SSSR count). The van der Waals surface area contributed by atoms with Crippen molar-refractivity contribution in [2.75, 3.05) is 25.0 Å². The first-order valence-corrected chi connectivity index (χ1v) is 9.40. The van der Waals surface area contributed by atoms with Crippen molar-refractivity contribution in [2.24, 2.45) is 5.92 Å². The zero-order valence-corrected chi connectivity index (χ0v) is 13.4. The van der Waals surface area contributed by atoms with E-state index >= 15 is 0 Å². The Balaban J connectivity index is 2.10. The Morgan fingerprint density at radius 2 is 2.00 bits per heavy atom. The van der Waals surface area contributed by atoms with Gasteiger partial charge >= 0.3 is 0 Å². The van der Waals surface area contributed by atoms with E-state index in [0.717, 1.165) is 32.1 Å². The standard InChI is InChI=1S/C12H23BrN2O2S/c1-11-4-3-8-14(10-11)18(16,17)15(9-7-13)12-5-2-6-12/h11-12H,2-10H2,1H3. The molecule has 1 aliphatic heterocycles. The van der Waals surface area contributed by atoms with Gasteiger partial charge in [-0.3, -0.25) is 0 Å².